The van der Waals surface area contributed by atoms with Crippen molar-refractivity contribution in [3.63, 3.8) is 0 Å². The van der Waals surface area contributed by atoms with Gasteiger partial charge in [0.1, 0.15) is 4.60 Å². The molecule has 1 N–H and O–H groups in total. The Morgan fingerprint density at radius 1 is 1.50 bits per heavy atom. The van der Waals surface area contributed by atoms with Gasteiger partial charge in [-0.3, -0.25) is 4.40 Å². The number of aryl methyl sites for hydroxylation is 1. The summed E-state index contributed by atoms with van der Waals surface area (Å²) in [6, 6.07) is 5.31. The number of aromatic carboxylic acids is 1. The first-order chi connectivity index (χ1) is 8.50. The van der Waals surface area contributed by atoms with E-state index in [-0.39, 0.29) is 5.69 Å². The molecule has 3 aromatic rings. The van der Waals surface area contributed by atoms with Gasteiger partial charge < -0.3 is 9.67 Å². The van der Waals surface area contributed by atoms with E-state index in [2.05, 4.69) is 20.9 Å². The number of hydrogen-bond acceptors (Lipinski definition) is 2. The highest BCUT2D eigenvalue weighted by Gasteiger charge is 2.22. The average Bonchev–Trinajstić information content (AvgIpc) is 2.76. The molecule has 7 heteroatoms. The molecule has 18 heavy (non-hydrogen) atoms. The molecule has 2 aromatic heterocycles. The van der Waals surface area contributed by atoms with Crippen LogP contribution in [0.3, 0.4) is 0 Å². The molecule has 5 nitrogen and oxygen atoms in total. The first-order valence-corrected chi connectivity index (χ1v) is 6.23. The molecule has 1 aromatic carbocycles. The van der Waals surface area contributed by atoms with Gasteiger partial charge >= 0.3 is 5.97 Å². The Bertz CT molecular complexity index is 806. The summed E-state index contributed by atoms with van der Waals surface area (Å²) in [5.74, 6) is -0.457. The van der Waals surface area contributed by atoms with Gasteiger partial charge in [-0.05, 0) is 34.1 Å². The number of carboxylic acid groups (broad SMARTS) is 1. The van der Waals surface area contributed by atoms with Gasteiger partial charge in [-0.1, -0.05) is 11.6 Å². The van der Waals surface area contributed by atoms with E-state index < -0.39 is 5.97 Å². The first-order valence-electron chi connectivity index (χ1n) is 5.06. The lowest BCUT2D eigenvalue weighted by Gasteiger charge is -1.96. The van der Waals surface area contributed by atoms with Gasteiger partial charge in [0.25, 0.3) is 0 Å². The van der Waals surface area contributed by atoms with E-state index in [0.717, 1.165) is 11.0 Å². The lowest BCUT2D eigenvalue weighted by atomic mass is 10.3. The highest BCUT2D eigenvalue weighted by molar-refractivity contribution is 9.10. The summed E-state index contributed by atoms with van der Waals surface area (Å²) in [6.45, 7) is 0. The van der Waals surface area contributed by atoms with Crippen molar-refractivity contribution in [3.05, 3.63) is 33.5 Å². The maximum atomic E-state index is 11.2. The Morgan fingerprint density at radius 2 is 2.22 bits per heavy atom. The molecule has 0 fully saturated rings. The zero-order chi connectivity index (χ0) is 13.0. The van der Waals surface area contributed by atoms with Gasteiger partial charge in [0, 0.05) is 12.1 Å². The van der Waals surface area contributed by atoms with Gasteiger partial charge in [-0.25, -0.2) is 9.78 Å². The number of fused-ring (bicyclic) bond motifs is 3. The molecule has 0 aliphatic carbocycles. The number of imidazole rings is 2. The van der Waals surface area contributed by atoms with E-state index in [0.29, 0.717) is 15.4 Å². The van der Waals surface area contributed by atoms with Crippen LogP contribution in [-0.4, -0.2) is 25.0 Å². The van der Waals surface area contributed by atoms with Gasteiger partial charge in [-0.2, -0.15) is 0 Å². The third kappa shape index (κ3) is 1.39. The SMILES string of the molecule is Cn1c(C(=O)O)c(Br)n2c3cc(Cl)ccc3nc12. The molecule has 0 saturated heterocycles. The number of benzene rings is 1. The van der Waals surface area contributed by atoms with E-state index in [4.69, 9.17) is 11.6 Å². The van der Waals surface area contributed by atoms with E-state index in [1.807, 2.05) is 0 Å². The van der Waals surface area contributed by atoms with E-state index >= 15 is 0 Å². The minimum Gasteiger partial charge on any atom is -0.476 e. The van der Waals surface area contributed by atoms with Crippen LogP contribution in [0.5, 0.6) is 0 Å². The standard InChI is InChI=1S/C11H7BrClN3O2/c1-15-8(10(17)18)9(12)16-7-4-5(13)2-3-6(7)14-11(15)16/h2-4H,1H3,(H,17,18). The lowest BCUT2D eigenvalue weighted by molar-refractivity contribution is 0.0685. The highest BCUT2D eigenvalue weighted by Crippen LogP contribution is 2.28. The normalized spacial score (nSPS) is 11.5. The Kier molecular flexibility index (Phi) is 2.39. The lowest BCUT2D eigenvalue weighted by Crippen LogP contribution is -2.05. The predicted molar refractivity (Wildman–Crippen MR) is 71.3 cm³/mol. The summed E-state index contributed by atoms with van der Waals surface area (Å²) in [7, 11) is 1.66. The van der Waals surface area contributed by atoms with Crippen molar-refractivity contribution in [2.75, 3.05) is 0 Å². The third-order valence-electron chi connectivity index (χ3n) is 2.83. The molecule has 92 valence electrons. The average molecular weight is 329 g/mol. The summed E-state index contributed by atoms with van der Waals surface area (Å²) in [6.07, 6.45) is 0. The van der Waals surface area contributed by atoms with Gasteiger partial charge in [0.2, 0.25) is 5.78 Å². The molecule has 0 saturated carbocycles. The predicted octanol–water partition coefficient (Wildman–Crippen LogP) is 2.94. The molecule has 0 bridgehead atoms. The van der Waals surface area contributed by atoms with E-state index in [9.17, 15) is 9.90 Å². The van der Waals surface area contributed by atoms with Gasteiger partial charge in [0.15, 0.2) is 5.69 Å². The molecule has 0 atom stereocenters. The Hall–Kier alpha value is -1.53. The van der Waals surface area contributed by atoms with Crippen LogP contribution in [-0.2, 0) is 7.05 Å². The first kappa shape index (κ1) is 11.6. The Morgan fingerprint density at radius 3 is 2.89 bits per heavy atom. The summed E-state index contributed by atoms with van der Waals surface area (Å²) in [4.78, 5) is 15.6. The maximum absolute atomic E-state index is 11.2. The zero-order valence-electron chi connectivity index (χ0n) is 9.19. The smallest absolute Gasteiger partial charge is 0.355 e. The van der Waals surface area contributed by atoms with Crippen molar-refractivity contribution in [3.8, 4) is 0 Å². The van der Waals surface area contributed by atoms with Gasteiger partial charge in [0.05, 0.1) is 11.0 Å². The molecule has 0 amide bonds. The Balaban J connectivity index is 2.55. The fourth-order valence-electron chi connectivity index (χ4n) is 2.03. The number of hydrogen-bond donors (Lipinski definition) is 1. The van der Waals surface area contributed by atoms with Crippen molar-refractivity contribution >= 4 is 50.3 Å². The monoisotopic (exact) mass is 327 g/mol. The largest absolute Gasteiger partial charge is 0.476 e. The van der Waals surface area contributed by atoms with Crippen molar-refractivity contribution in [2.45, 2.75) is 0 Å². The summed E-state index contributed by atoms with van der Waals surface area (Å²) < 4.78 is 3.71. The zero-order valence-corrected chi connectivity index (χ0v) is 11.5. The van der Waals surface area contributed by atoms with Crippen LogP contribution in [0.15, 0.2) is 22.8 Å². The summed E-state index contributed by atoms with van der Waals surface area (Å²) >= 11 is 9.26. The van der Waals surface area contributed by atoms with Crippen LogP contribution in [0.4, 0.5) is 0 Å². The second-order valence-electron chi connectivity index (χ2n) is 3.88. The van der Waals surface area contributed by atoms with Crippen LogP contribution < -0.4 is 0 Å². The number of carboxylic acids is 1. The number of nitrogens with zero attached hydrogens (tertiary/aromatic N) is 3. The van der Waals surface area contributed by atoms with Crippen molar-refractivity contribution in [1.82, 2.24) is 14.0 Å². The third-order valence-corrected chi connectivity index (χ3v) is 3.79. The van der Waals surface area contributed by atoms with Crippen LogP contribution in [0, 0.1) is 0 Å². The van der Waals surface area contributed by atoms with Crippen molar-refractivity contribution < 1.29 is 9.90 Å². The molecule has 2 heterocycles. The van der Waals surface area contributed by atoms with Gasteiger partial charge in [-0.15, -0.1) is 0 Å². The highest BCUT2D eigenvalue weighted by atomic mass is 79.9. The number of aromatic nitrogens is 3. The van der Waals surface area contributed by atoms with E-state index in [1.54, 1.807) is 29.6 Å². The molecule has 0 spiro atoms. The summed E-state index contributed by atoms with van der Waals surface area (Å²) in [5, 5.41) is 9.76. The van der Waals surface area contributed by atoms with Crippen molar-refractivity contribution in [2.24, 2.45) is 7.05 Å². The number of carbonyl (C=O) groups is 1. The summed E-state index contributed by atoms with van der Waals surface area (Å²) in [5.41, 5.74) is 1.69. The molecule has 0 aliphatic heterocycles. The molecular formula is C11H7BrClN3O2. The fourth-order valence-corrected chi connectivity index (χ4v) is 2.98. The molecular weight excluding hydrogens is 321 g/mol. The molecule has 0 unspecified atom stereocenters. The maximum Gasteiger partial charge on any atom is 0.355 e. The number of halogens is 2. The fraction of sp³-hybridized carbons (Fsp3) is 0.0909. The molecule has 0 radical (unpaired) electrons. The quantitative estimate of drug-likeness (QED) is 0.747. The topological polar surface area (TPSA) is 59.5 Å². The minimum absolute atomic E-state index is 0.152. The molecule has 3 rings (SSSR count). The van der Waals surface area contributed by atoms with Crippen molar-refractivity contribution in [1.29, 1.82) is 0 Å². The minimum atomic E-state index is -1.01. The number of rotatable bonds is 1. The van der Waals surface area contributed by atoms with Crippen LogP contribution in [0.2, 0.25) is 5.02 Å². The molecule has 0 aliphatic rings. The second kappa shape index (κ2) is 3.73. The van der Waals surface area contributed by atoms with E-state index in [1.165, 1.54) is 4.57 Å². The van der Waals surface area contributed by atoms with Crippen LogP contribution in [0.25, 0.3) is 16.8 Å². The second-order valence-corrected chi connectivity index (χ2v) is 5.07. The Labute approximate surface area is 115 Å². The van der Waals surface area contributed by atoms with Crippen LogP contribution in [0.1, 0.15) is 10.5 Å². The van der Waals surface area contributed by atoms with Crippen LogP contribution >= 0.6 is 27.5 Å².